The molecule has 2 rings (SSSR count). The van der Waals surface area contributed by atoms with Gasteiger partial charge < -0.3 is 10.0 Å². The molecule has 96 valence electrons. The number of rotatable bonds is 4. The number of aliphatic carboxylic acids is 1. The van der Waals surface area contributed by atoms with Crippen LogP contribution in [0.3, 0.4) is 0 Å². The standard InChI is InChI=1S/C13H21NO3/c1-8(9-6-7-9)14(2)12(15)10-4-3-5-11(10)13(16)17/h8-11H,3-7H2,1-2H3,(H,16,17). The number of amides is 1. The van der Waals surface area contributed by atoms with Crippen molar-refractivity contribution in [1.82, 2.24) is 4.90 Å². The van der Waals surface area contributed by atoms with Crippen molar-refractivity contribution in [3.8, 4) is 0 Å². The van der Waals surface area contributed by atoms with Gasteiger partial charge in [-0.05, 0) is 38.5 Å². The number of carboxylic acid groups (broad SMARTS) is 1. The van der Waals surface area contributed by atoms with Crippen LogP contribution in [-0.4, -0.2) is 35.0 Å². The van der Waals surface area contributed by atoms with Gasteiger partial charge >= 0.3 is 5.97 Å². The van der Waals surface area contributed by atoms with Crippen LogP contribution in [0.15, 0.2) is 0 Å². The third-order valence-electron chi connectivity index (χ3n) is 4.41. The van der Waals surface area contributed by atoms with Gasteiger partial charge in [-0.25, -0.2) is 0 Å². The number of nitrogens with zero attached hydrogens (tertiary/aromatic N) is 1. The highest BCUT2D eigenvalue weighted by atomic mass is 16.4. The average molecular weight is 239 g/mol. The molecule has 2 saturated carbocycles. The summed E-state index contributed by atoms with van der Waals surface area (Å²) in [5.41, 5.74) is 0. The summed E-state index contributed by atoms with van der Waals surface area (Å²) in [6, 6.07) is 0.262. The normalized spacial score (nSPS) is 30.0. The lowest BCUT2D eigenvalue weighted by molar-refractivity contribution is -0.149. The van der Waals surface area contributed by atoms with Crippen molar-refractivity contribution in [1.29, 1.82) is 0 Å². The van der Waals surface area contributed by atoms with Crippen LogP contribution in [0, 0.1) is 17.8 Å². The maximum absolute atomic E-state index is 12.3. The Morgan fingerprint density at radius 1 is 1.18 bits per heavy atom. The van der Waals surface area contributed by atoms with E-state index < -0.39 is 11.9 Å². The Hall–Kier alpha value is -1.06. The van der Waals surface area contributed by atoms with Crippen molar-refractivity contribution in [3.05, 3.63) is 0 Å². The molecule has 2 aliphatic rings. The van der Waals surface area contributed by atoms with Crippen molar-refractivity contribution < 1.29 is 14.7 Å². The molecule has 1 amide bonds. The highest BCUT2D eigenvalue weighted by Crippen LogP contribution is 2.37. The van der Waals surface area contributed by atoms with E-state index in [0.717, 1.165) is 12.8 Å². The van der Waals surface area contributed by atoms with E-state index >= 15 is 0 Å². The number of carbonyl (C=O) groups is 2. The fourth-order valence-electron chi connectivity index (χ4n) is 2.91. The zero-order chi connectivity index (χ0) is 12.6. The molecule has 1 N–H and O–H groups in total. The summed E-state index contributed by atoms with van der Waals surface area (Å²) in [7, 11) is 1.82. The smallest absolute Gasteiger partial charge is 0.307 e. The molecule has 0 aromatic carbocycles. The summed E-state index contributed by atoms with van der Waals surface area (Å²) in [4.78, 5) is 25.2. The molecule has 0 aliphatic heterocycles. The maximum atomic E-state index is 12.3. The molecule has 0 saturated heterocycles. The van der Waals surface area contributed by atoms with E-state index in [1.54, 1.807) is 4.90 Å². The summed E-state index contributed by atoms with van der Waals surface area (Å²) in [6.07, 6.45) is 4.64. The van der Waals surface area contributed by atoms with Gasteiger partial charge in [0.1, 0.15) is 0 Å². The molecule has 2 aliphatic carbocycles. The Balaban J connectivity index is 2.00. The Morgan fingerprint density at radius 3 is 2.29 bits per heavy atom. The first-order valence-corrected chi connectivity index (χ1v) is 6.52. The predicted molar refractivity (Wildman–Crippen MR) is 63.4 cm³/mol. The zero-order valence-electron chi connectivity index (χ0n) is 10.6. The van der Waals surface area contributed by atoms with Crippen LogP contribution >= 0.6 is 0 Å². The lowest BCUT2D eigenvalue weighted by Crippen LogP contribution is -2.42. The summed E-state index contributed by atoms with van der Waals surface area (Å²) in [5.74, 6) is -0.897. The number of hydrogen-bond donors (Lipinski definition) is 1. The monoisotopic (exact) mass is 239 g/mol. The first kappa shape index (κ1) is 12.4. The number of hydrogen-bond acceptors (Lipinski definition) is 2. The minimum Gasteiger partial charge on any atom is -0.481 e. The predicted octanol–water partition coefficient (Wildman–Crippen LogP) is 1.74. The van der Waals surface area contributed by atoms with Crippen molar-refractivity contribution in [3.63, 3.8) is 0 Å². The molecule has 4 nitrogen and oxygen atoms in total. The Bertz CT molecular complexity index is 325. The van der Waals surface area contributed by atoms with Gasteiger partial charge in [0, 0.05) is 13.1 Å². The van der Waals surface area contributed by atoms with Crippen LogP contribution in [0.2, 0.25) is 0 Å². The minimum absolute atomic E-state index is 0.0364. The highest BCUT2D eigenvalue weighted by Gasteiger charge is 2.41. The molecular weight excluding hydrogens is 218 g/mol. The van der Waals surface area contributed by atoms with Crippen LogP contribution in [0.5, 0.6) is 0 Å². The van der Waals surface area contributed by atoms with Crippen LogP contribution < -0.4 is 0 Å². The Morgan fingerprint density at radius 2 is 1.76 bits per heavy atom. The molecule has 0 radical (unpaired) electrons. The van der Waals surface area contributed by atoms with E-state index in [1.807, 2.05) is 7.05 Å². The zero-order valence-corrected chi connectivity index (χ0v) is 10.6. The molecule has 3 unspecified atom stereocenters. The lowest BCUT2D eigenvalue weighted by Gasteiger charge is -2.29. The average Bonchev–Trinajstić information content (AvgIpc) is 3.02. The first-order chi connectivity index (χ1) is 8.02. The van der Waals surface area contributed by atoms with E-state index in [4.69, 9.17) is 5.11 Å². The second kappa shape index (κ2) is 4.67. The van der Waals surface area contributed by atoms with Gasteiger partial charge in [-0.15, -0.1) is 0 Å². The summed E-state index contributed by atoms with van der Waals surface area (Å²) in [6.45, 7) is 2.07. The molecule has 2 fully saturated rings. The Kier molecular flexibility index (Phi) is 3.40. The van der Waals surface area contributed by atoms with Gasteiger partial charge in [0.25, 0.3) is 0 Å². The first-order valence-electron chi connectivity index (χ1n) is 6.52. The number of carbonyl (C=O) groups excluding carboxylic acids is 1. The van der Waals surface area contributed by atoms with E-state index in [9.17, 15) is 9.59 Å². The molecule has 0 heterocycles. The third kappa shape index (κ3) is 2.45. The van der Waals surface area contributed by atoms with E-state index in [1.165, 1.54) is 12.8 Å². The van der Waals surface area contributed by atoms with E-state index in [0.29, 0.717) is 12.3 Å². The quantitative estimate of drug-likeness (QED) is 0.813. The molecule has 4 heteroatoms. The highest BCUT2D eigenvalue weighted by molar-refractivity contribution is 5.85. The van der Waals surface area contributed by atoms with Crippen molar-refractivity contribution in [2.24, 2.45) is 17.8 Å². The van der Waals surface area contributed by atoms with Crippen molar-refractivity contribution in [2.45, 2.75) is 45.1 Å². The Labute approximate surface area is 102 Å². The van der Waals surface area contributed by atoms with Gasteiger partial charge in [-0.1, -0.05) is 6.42 Å². The molecule has 0 spiro atoms. The number of carboxylic acids is 1. The van der Waals surface area contributed by atoms with E-state index in [-0.39, 0.29) is 17.9 Å². The summed E-state index contributed by atoms with van der Waals surface area (Å²) < 4.78 is 0. The fourth-order valence-corrected chi connectivity index (χ4v) is 2.91. The van der Waals surface area contributed by atoms with Crippen LogP contribution in [0.1, 0.15) is 39.0 Å². The largest absolute Gasteiger partial charge is 0.481 e. The van der Waals surface area contributed by atoms with Crippen LogP contribution in [0.4, 0.5) is 0 Å². The van der Waals surface area contributed by atoms with Crippen molar-refractivity contribution >= 4 is 11.9 Å². The van der Waals surface area contributed by atoms with Crippen LogP contribution in [0.25, 0.3) is 0 Å². The topological polar surface area (TPSA) is 57.6 Å². The molecule has 0 aromatic heterocycles. The van der Waals surface area contributed by atoms with Gasteiger partial charge in [0.05, 0.1) is 11.8 Å². The van der Waals surface area contributed by atoms with Crippen molar-refractivity contribution in [2.75, 3.05) is 7.05 Å². The minimum atomic E-state index is -0.812. The molecular formula is C13H21NO3. The molecule has 0 aromatic rings. The van der Waals surface area contributed by atoms with E-state index in [2.05, 4.69) is 6.92 Å². The maximum Gasteiger partial charge on any atom is 0.307 e. The summed E-state index contributed by atoms with van der Waals surface area (Å²) >= 11 is 0. The van der Waals surface area contributed by atoms with Gasteiger partial charge in [0.15, 0.2) is 0 Å². The lowest BCUT2D eigenvalue weighted by atomic mass is 9.94. The van der Waals surface area contributed by atoms with Gasteiger partial charge in [-0.2, -0.15) is 0 Å². The summed E-state index contributed by atoms with van der Waals surface area (Å²) in [5, 5.41) is 9.10. The SMILES string of the molecule is CC(C1CC1)N(C)C(=O)C1CCCC1C(=O)O. The second-order valence-electron chi connectivity index (χ2n) is 5.51. The second-order valence-corrected chi connectivity index (χ2v) is 5.51. The fraction of sp³-hybridized carbons (Fsp3) is 0.846. The third-order valence-corrected chi connectivity index (χ3v) is 4.41. The van der Waals surface area contributed by atoms with Gasteiger partial charge in [-0.3, -0.25) is 9.59 Å². The molecule has 17 heavy (non-hydrogen) atoms. The molecule has 3 atom stereocenters. The van der Waals surface area contributed by atoms with Crippen LogP contribution in [-0.2, 0) is 9.59 Å². The van der Waals surface area contributed by atoms with Gasteiger partial charge in [0.2, 0.25) is 5.91 Å². The molecule has 0 bridgehead atoms.